The van der Waals surface area contributed by atoms with Gasteiger partial charge in [-0.1, -0.05) is 43.8 Å². The molecule has 5 nitrogen and oxygen atoms in total. The predicted molar refractivity (Wildman–Crippen MR) is 106 cm³/mol. The average Bonchev–Trinajstić information content (AvgIpc) is 2.99. The summed E-state index contributed by atoms with van der Waals surface area (Å²) in [5.41, 5.74) is 2.14. The monoisotopic (exact) mass is 381 g/mol. The first-order chi connectivity index (χ1) is 13.0. The number of carbonyl (C=O) groups excluding carboxylic acids is 1. The van der Waals surface area contributed by atoms with Crippen LogP contribution in [-0.4, -0.2) is 20.5 Å². The van der Waals surface area contributed by atoms with Crippen molar-refractivity contribution in [2.75, 3.05) is 0 Å². The molecule has 2 aromatic heterocycles. The van der Waals surface area contributed by atoms with Gasteiger partial charge < -0.3 is 9.30 Å². The lowest BCUT2D eigenvalue weighted by Crippen LogP contribution is -2.09. The van der Waals surface area contributed by atoms with Crippen LogP contribution in [0.15, 0.2) is 64.8 Å². The molecule has 0 aliphatic heterocycles. The van der Waals surface area contributed by atoms with Crippen LogP contribution in [0.2, 0.25) is 0 Å². The van der Waals surface area contributed by atoms with E-state index >= 15 is 0 Å². The number of aromatic nitrogens is 3. The van der Waals surface area contributed by atoms with E-state index in [1.807, 2.05) is 30.3 Å². The topological polar surface area (TPSA) is 57.0 Å². The van der Waals surface area contributed by atoms with Gasteiger partial charge in [0.2, 0.25) is 0 Å². The van der Waals surface area contributed by atoms with Gasteiger partial charge in [0.05, 0.1) is 12.2 Å². The summed E-state index contributed by atoms with van der Waals surface area (Å²) in [6.07, 6.45) is 3.57. The number of pyridine rings is 1. The first kappa shape index (κ1) is 19.2. The van der Waals surface area contributed by atoms with E-state index in [-0.39, 0.29) is 18.5 Å². The van der Waals surface area contributed by atoms with Crippen LogP contribution in [0.25, 0.3) is 0 Å². The summed E-state index contributed by atoms with van der Waals surface area (Å²) < 4.78 is 7.40. The molecule has 0 fully saturated rings. The molecule has 3 rings (SSSR count). The second-order valence-electron chi connectivity index (χ2n) is 6.51. The summed E-state index contributed by atoms with van der Waals surface area (Å²) in [6, 6.07) is 14.2. The Balaban J connectivity index is 2.04. The van der Waals surface area contributed by atoms with E-state index in [9.17, 15) is 4.79 Å². The lowest BCUT2D eigenvalue weighted by molar-refractivity contribution is -0.142. The number of esters is 1. The minimum Gasteiger partial charge on any atom is -0.458 e. The van der Waals surface area contributed by atoms with Crippen LogP contribution < -0.4 is 0 Å². The normalized spacial score (nSPS) is 11.0. The van der Waals surface area contributed by atoms with Crippen molar-refractivity contribution in [2.45, 2.75) is 49.8 Å². The van der Waals surface area contributed by atoms with Crippen molar-refractivity contribution in [1.29, 1.82) is 0 Å². The second-order valence-corrected chi connectivity index (χ2v) is 7.57. The molecular weight excluding hydrogens is 358 g/mol. The standard InChI is InChI=1S/C21H23N3O2S/c1-15(2)20-21(27-18-7-5-4-6-8-18)24(13-17-9-11-22-12-10-17)19(23-20)14-26-16(3)25/h4-12,15H,13-14H2,1-3H3. The lowest BCUT2D eigenvalue weighted by atomic mass is 10.1. The van der Waals surface area contributed by atoms with E-state index in [1.165, 1.54) is 6.92 Å². The molecule has 0 amide bonds. The second kappa shape index (κ2) is 8.86. The molecule has 0 spiro atoms. The molecule has 2 heterocycles. The van der Waals surface area contributed by atoms with Crippen LogP contribution in [0, 0.1) is 0 Å². The number of hydrogen-bond donors (Lipinski definition) is 0. The molecule has 0 bridgehead atoms. The highest BCUT2D eigenvalue weighted by Gasteiger charge is 2.21. The fourth-order valence-corrected chi connectivity index (χ4v) is 3.88. The fraction of sp³-hybridized carbons (Fsp3) is 0.286. The van der Waals surface area contributed by atoms with Crippen LogP contribution >= 0.6 is 11.8 Å². The van der Waals surface area contributed by atoms with Crippen molar-refractivity contribution in [2.24, 2.45) is 0 Å². The van der Waals surface area contributed by atoms with Gasteiger partial charge in [0.1, 0.15) is 17.5 Å². The van der Waals surface area contributed by atoms with E-state index < -0.39 is 0 Å². The molecule has 3 aromatic rings. The van der Waals surface area contributed by atoms with Gasteiger partial charge in [0.15, 0.2) is 0 Å². The van der Waals surface area contributed by atoms with Gasteiger partial charge in [-0.2, -0.15) is 0 Å². The van der Waals surface area contributed by atoms with Gasteiger partial charge in [0, 0.05) is 24.2 Å². The molecule has 0 aliphatic carbocycles. The maximum absolute atomic E-state index is 11.3. The van der Waals surface area contributed by atoms with Crippen molar-refractivity contribution in [3.8, 4) is 0 Å². The molecule has 0 saturated carbocycles. The first-order valence-electron chi connectivity index (χ1n) is 8.89. The molecule has 140 valence electrons. The van der Waals surface area contributed by atoms with Crippen LogP contribution in [0.3, 0.4) is 0 Å². The Labute approximate surface area is 163 Å². The van der Waals surface area contributed by atoms with Crippen molar-refractivity contribution < 1.29 is 9.53 Å². The van der Waals surface area contributed by atoms with Gasteiger partial charge in [0.25, 0.3) is 0 Å². The smallest absolute Gasteiger partial charge is 0.303 e. The van der Waals surface area contributed by atoms with Crippen LogP contribution in [0.4, 0.5) is 0 Å². The van der Waals surface area contributed by atoms with Crippen molar-refractivity contribution >= 4 is 17.7 Å². The molecule has 0 saturated heterocycles. The Morgan fingerprint density at radius 3 is 2.48 bits per heavy atom. The SMILES string of the molecule is CC(=O)OCc1nc(C(C)C)c(Sc2ccccc2)n1Cc1ccncc1. The molecule has 0 atom stereocenters. The Kier molecular flexibility index (Phi) is 6.29. The van der Waals surface area contributed by atoms with Gasteiger partial charge in [-0.25, -0.2) is 4.98 Å². The van der Waals surface area contributed by atoms with E-state index in [2.05, 4.69) is 35.5 Å². The number of nitrogens with zero attached hydrogens (tertiary/aromatic N) is 3. The third-order valence-corrected chi connectivity index (χ3v) is 5.16. The number of benzene rings is 1. The van der Waals surface area contributed by atoms with Crippen molar-refractivity contribution in [3.05, 3.63) is 71.9 Å². The molecule has 0 N–H and O–H groups in total. The molecule has 0 unspecified atom stereocenters. The number of ether oxygens (including phenoxy) is 1. The number of imidazole rings is 1. The summed E-state index contributed by atoms with van der Waals surface area (Å²) >= 11 is 1.69. The maximum Gasteiger partial charge on any atom is 0.303 e. The summed E-state index contributed by atoms with van der Waals surface area (Å²) in [6.45, 7) is 6.48. The molecule has 1 aromatic carbocycles. The quantitative estimate of drug-likeness (QED) is 0.557. The predicted octanol–water partition coefficient (Wildman–Crippen LogP) is 4.66. The van der Waals surface area contributed by atoms with E-state index in [0.717, 1.165) is 27.0 Å². The maximum atomic E-state index is 11.3. The third kappa shape index (κ3) is 4.98. The summed E-state index contributed by atoms with van der Waals surface area (Å²) in [5.74, 6) is 0.701. The lowest BCUT2D eigenvalue weighted by Gasteiger charge is -2.13. The highest BCUT2D eigenvalue weighted by molar-refractivity contribution is 7.99. The summed E-state index contributed by atoms with van der Waals surface area (Å²) in [7, 11) is 0. The minimum atomic E-state index is -0.308. The minimum absolute atomic E-state index is 0.162. The van der Waals surface area contributed by atoms with Gasteiger partial charge in [-0.15, -0.1) is 0 Å². The van der Waals surface area contributed by atoms with E-state index in [4.69, 9.17) is 9.72 Å². The number of carbonyl (C=O) groups is 1. The zero-order valence-corrected chi connectivity index (χ0v) is 16.6. The highest BCUT2D eigenvalue weighted by atomic mass is 32.2. The van der Waals surface area contributed by atoms with Crippen LogP contribution in [0.1, 0.15) is 43.8 Å². The Morgan fingerprint density at radius 1 is 1.15 bits per heavy atom. The zero-order valence-electron chi connectivity index (χ0n) is 15.8. The summed E-state index contributed by atoms with van der Waals surface area (Å²) in [5, 5.41) is 1.08. The third-order valence-electron chi connectivity index (χ3n) is 4.02. The largest absolute Gasteiger partial charge is 0.458 e. The van der Waals surface area contributed by atoms with E-state index in [1.54, 1.807) is 24.2 Å². The highest BCUT2D eigenvalue weighted by Crippen LogP contribution is 2.35. The van der Waals surface area contributed by atoms with Crippen molar-refractivity contribution in [1.82, 2.24) is 14.5 Å². The molecule has 0 aliphatic rings. The summed E-state index contributed by atoms with van der Waals surface area (Å²) in [4.78, 5) is 21.4. The first-order valence-corrected chi connectivity index (χ1v) is 9.70. The molecular formula is C21H23N3O2S. The van der Waals surface area contributed by atoms with E-state index in [0.29, 0.717) is 6.54 Å². The molecule has 27 heavy (non-hydrogen) atoms. The Morgan fingerprint density at radius 2 is 1.85 bits per heavy atom. The fourth-order valence-electron chi connectivity index (χ4n) is 2.70. The Hall–Kier alpha value is -2.60. The van der Waals surface area contributed by atoms with Gasteiger partial charge >= 0.3 is 5.97 Å². The Bertz CT molecular complexity index is 893. The zero-order chi connectivity index (χ0) is 19.2. The van der Waals surface area contributed by atoms with Crippen molar-refractivity contribution in [3.63, 3.8) is 0 Å². The molecule has 0 radical (unpaired) electrons. The average molecular weight is 382 g/mol. The van der Waals surface area contributed by atoms with Crippen LogP contribution in [0.5, 0.6) is 0 Å². The van der Waals surface area contributed by atoms with Gasteiger partial charge in [-0.3, -0.25) is 9.78 Å². The molecule has 6 heteroatoms. The number of rotatable bonds is 7. The number of hydrogen-bond acceptors (Lipinski definition) is 5. The van der Waals surface area contributed by atoms with Crippen LogP contribution in [-0.2, 0) is 22.7 Å². The van der Waals surface area contributed by atoms with Gasteiger partial charge in [-0.05, 0) is 35.7 Å².